The Morgan fingerprint density at radius 1 is 1.05 bits per heavy atom. The van der Waals surface area contributed by atoms with Crippen LogP contribution in [0.1, 0.15) is 5.56 Å². The van der Waals surface area contributed by atoms with Gasteiger partial charge in [0.2, 0.25) is 10.0 Å². The number of allylic oxidation sites excluding steroid dienone is 1. The molecule has 0 aliphatic rings. The summed E-state index contributed by atoms with van der Waals surface area (Å²) in [5.41, 5.74) is 1.70. The van der Waals surface area contributed by atoms with Gasteiger partial charge in [0.15, 0.2) is 0 Å². The Balaban J connectivity index is 2.13. The molecule has 0 unspecified atom stereocenters. The average molecular weight is 365 g/mol. The van der Waals surface area contributed by atoms with Gasteiger partial charge in [0.25, 0.3) is 0 Å². The van der Waals surface area contributed by atoms with Crippen molar-refractivity contribution in [2.75, 3.05) is 0 Å². The van der Waals surface area contributed by atoms with Gasteiger partial charge < -0.3 is 0 Å². The Morgan fingerprint density at radius 3 is 2.24 bits per heavy atom. The van der Waals surface area contributed by atoms with Crippen LogP contribution < -0.4 is 5.14 Å². The topological polar surface area (TPSA) is 72.5 Å². The maximum Gasteiger partial charge on any atom is 0.238 e. The van der Waals surface area contributed by atoms with Crippen LogP contribution in [0.3, 0.4) is 0 Å². The second kappa shape index (κ2) is 6.80. The number of hydrogen-bond donors (Lipinski definition) is 1. The third-order valence-corrected chi connectivity index (χ3v) is 3.97. The van der Waals surface area contributed by atoms with Crippen LogP contribution in [-0.4, -0.2) is 14.6 Å². The molecule has 108 valence electrons. The first-order valence-electron chi connectivity index (χ1n) is 6.04. The molecule has 2 N–H and O–H groups in total. The first-order chi connectivity index (χ1) is 9.95. The van der Waals surface area contributed by atoms with Gasteiger partial charge in [-0.15, -0.1) is 0 Å². The van der Waals surface area contributed by atoms with Gasteiger partial charge in [-0.25, -0.2) is 13.6 Å². The first-order valence-corrected chi connectivity index (χ1v) is 8.38. The molecule has 0 bridgehead atoms. The predicted octanol–water partition coefficient (Wildman–Crippen LogP) is 3.47. The number of nitrogens with zero attached hydrogens (tertiary/aromatic N) is 1. The van der Waals surface area contributed by atoms with Crippen molar-refractivity contribution in [3.05, 3.63) is 64.6 Å². The highest BCUT2D eigenvalue weighted by atomic mass is 79.9. The summed E-state index contributed by atoms with van der Waals surface area (Å²) < 4.78 is 23.1. The Bertz CT molecular complexity index is 767. The number of nitrogens with two attached hydrogens (primary N) is 1. The molecule has 0 amide bonds. The number of benzene rings is 2. The summed E-state index contributed by atoms with van der Waals surface area (Å²) in [6.45, 7) is 0. The molecule has 0 radical (unpaired) electrons. The molecule has 4 nitrogen and oxygen atoms in total. The normalized spacial score (nSPS) is 12.8. The van der Waals surface area contributed by atoms with Gasteiger partial charge in [0.05, 0.1) is 10.6 Å². The Labute approximate surface area is 132 Å². The molecule has 2 rings (SSSR count). The van der Waals surface area contributed by atoms with Crippen molar-refractivity contribution in [1.29, 1.82) is 0 Å². The lowest BCUT2D eigenvalue weighted by Crippen LogP contribution is -2.11. The second-order valence-electron chi connectivity index (χ2n) is 4.24. The molecule has 0 heterocycles. The fourth-order valence-electron chi connectivity index (χ4n) is 1.60. The van der Waals surface area contributed by atoms with Crippen LogP contribution in [-0.2, 0) is 10.0 Å². The zero-order valence-electron chi connectivity index (χ0n) is 11.0. The van der Waals surface area contributed by atoms with Crippen molar-refractivity contribution in [3.63, 3.8) is 0 Å². The molecule has 2 aromatic rings. The largest absolute Gasteiger partial charge is 0.256 e. The Kier molecular flexibility index (Phi) is 5.06. The third-order valence-electron chi connectivity index (χ3n) is 2.61. The van der Waals surface area contributed by atoms with E-state index in [2.05, 4.69) is 20.9 Å². The standard InChI is InChI=1S/C15H13BrN2O2S/c16-13(10-12-4-2-1-3-5-12)11-18-14-6-8-15(9-7-14)21(17,19)20/h1-11H,(H2,17,19,20)/b13-10-,18-11?. The van der Waals surface area contributed by atoms with Crippen molar-refractivity contribution in [3.8, 4) is 0 Å². The molecule has 0 atom stereocenters. The molecular weight excluding hydrogens is 352 g/mol. The summed E-state index contributed by atoms with van der Waals surface area (Å²) in [5.74, 6) is 0. The average Bonchev–Trinajstić information content (AvgIpc) is 2.46. The maximum absolute atomic E-state index is 11.1. The van der Waals surface area contributed by atoms with Crippen LogP contribution in [0.25, 0.3) is 6.08 Å². The zero-order chi connectivity index (χ0) is 15.3. The SMILES string of the molecule is NS(=O)(=O)c1ccc(N=C/C(Br)=C/c2ccccc2)cc1. The molecule has 0 aliphatic heterocycles. The lowest BCUT2D eigenvalue weighted by Gasteiger charge is -1.98. The number of hydrogen-bond acceptors (Lipinski definition) is 3. The smallest absolute Gasteiger partial charge is 0.238 e. The molecular formula is C15H13BrN2O2S. The van der Waals surface area contributed by atoms with Crippen LogP contribution in [0.2, 0.25) is 0 Å². The van der Waals surface area contributed by atoms with Gasteiger partial charge in [-0.2, -0.15) is 0 Å². The highest BCUT2D eigenvalue weighted by molar-refractivity contribution is 9.12. The molecule has 0 fully saturated rings. The van der Waals surface area contributed by atoms with Gasteiger partial charge >= 0.3 is 0 Å². The molecule has 6 heteroatoms. The van der Waals surface area contributed by atoms with Crippen LogP contribution in [0.15, 0.2) is 69.0 Å². The molecule has 0 aromatic heterocycles. The number of aliphatic imine (C=N–C) groups is 1. The van der Waals surface area contributed by atoms with Crippen molar-refractivity contribution in [2.45, 2.75) is 4.90 Å². The van der Waals surface area contributed by atoms with E-state index in [0.29, 0.717) is 5.69 Å². The number of sulfonamides is 1. The van der Waals surface area contributed by atoms with Gasteiger partial charge in [0, 0.05) is 10.7 Å². The highest BCUT2D eigenvalue weighted by Crippen LogP contribution is 2.17. The van der Waals surface area contributed by atoms with Crippen molar-refractivity contribution >= 4 is 43.9 Å². The molecule has 21 heavy (non-hydrogen) atoms. The molecule has 0 spiro atoms. The van der Waals surface area contributed by atoms with Crippen molar-refractivity contribution in [2.24, 2.45) is 10.1 Å². The van der Waals surface area contributed by atoms with E-state index >= 15 is 0 Å². The minimum atomic E-state index is -3.66. The lowest BCUT2D eigenvalue weighted by molar-refractivity contribution is 0.598. The van der Waals surface area contributed by atoms with E-state index in [1.54, 1.807) is 18.3 Å². The molecule has 0 saturated carbocycles. The monoisotopic (exact) mass is 364 g/mol. The predicted molar refractivity (Wildman–Crippen MR) is 89.3 cm³/mol. The Morgan fingerprint density at radius 2 is 1.67 bits per heavy atom. The molecule has 2 aromatic carbocycles. The van der Waals surface area contributed by atoms with E-state index in [9.17, 15) is 8.42 Å². The second-order valence-corrected chi connectivity index (χ2v) is 6.71. The maximum atomic E-state index is 11.1. The summed E-state index contributed by atoms with van der Waals surface area (Å²) in [7, 11) is -3.66. The van der Waals surface area contributed by atoms with E-state index < -0.39 is 10.0 Å². The third kappa shape index (κ3) is 4.93. The van der Waals surface area contributed by atoms with Crippen LogP contribution in [0, 0.1) is 0 Å². The summed E-state index contributed by atoms with van der Waals surface area (Å²) in [4.78, 5) is 4.32. The summed E-state index contributed by atoms with van der Waals surface area (Å²) in [6.07, 6.45) is 3.58. The van der Waals surface area contributed by atoms with Crippen molar-refractivity contribution in [1.82, 2.24) is 0 Å². The summed E-state index contributed by atoms with van der Waals surface area (Å²) in [6, 6.07) is 15.9. The zero-order valence-corrected chi connectivity index (χ0v) is 13.4. The van der Waals surface area contributed by atoms with Gasteiger partial charge in [-0.05, 0) is 51.8 Å². The summed E-state index contributed by atoms with van der Waals surface area (Å²) in [5, 5.41) is 5.03. The number of primary sulfonamides is 1. The lowest BCUT2D eigenvalue weighted by atomic mass is 10.2. The van der Waals surface area contributed by atoms with E-state index in [1.165, 1.54) is 12.1 Å². The van der Waals surface area contributed by atoms with Crippen molar-refractivity contribution < 1.29 is 8.42 Å². The van der Waals surface area contributed by atoms with Crippen LogP contribution in [0.5, 0.6) is 0 Å². The Hall–Kier alpha value is -1.76. The first kappa shape index (κ1) is 15.6. The quantitative estimate of drug-likeness (QED) is 0.843. The van der Waals surface area contributed by atoms with Crippen LogP contribution in [0.4, 0.5) is 5.69 Å². The highest BCUT2D eigenvalue weighted by Gasteiger charge is 2.05. The molecule has 0 saturated heterocycles. The number of halogens is 1. The van der Waals surface area contributed by atoms with E-state index in [-0.39, 0.29) is 4.90 Å². The van der Waals surface area contributed by atoms with Gasteiger partial charge in [-0.1, -0.05) is 30.3 Å². The van der Waals surface area contributed by atoms with Gasteiger partial charge in [-0.3, -0.25) is 4.99 Å². The van der Waals surface area contributed by atoms with Crippen LogP contribution >= 0.6 is 15.9 Å². The summed E-state index contributed by atoms with van der Waals surface area (Å²) >= 11 is 3.41. The minimum Gasteiger partial charge on any atom is -0.256 e. The van der Waals surface area contributed by atoms with E-state index in [0.717, 1.165) is 10.0 Å². The fourth-order valence-corrected chi connectivity index (χ4v) is 2.49. The molecule has 0 aliphatic carbocycles. The number of rotatable bonds is 4. The van der Waals surface area contributed by atoms with E-state index in [4.69, 9.17) is 5.14 Å². The van der Waals surface area contributed by atoms with E-state index in [1.807, 2.05) is 36.4 Å². The fraction of sp³-hybridized carbons (Fsp3) is 0. The minimum absolute atomic E-state index is 0.0698. The van der Waals surface area contributed by atoms with Gasteiger partial charge in [0.1, 0.15) is 0 Å².